The van der Waals surface area contributed by atoms with Crippen LogP contribution in [0.25, 0.3) is 33.8 Å². The Bertz CT molecular complexity index is 2540. The number of carbonyl (C=O) groups excluding carboxylic acids is 1. The number of benzene rings is 3. The molecule has 0 bridgehead atoms. The van der Waals surface area contributed by atoms with Gasteiger partial charge in [-0.05, 0) is 144 Å². The Morgan fingerprint density at radius 1 is 0.875 bits per heavy atom. The van der Waals surface area contributed by atoms with Crippen molar-refractivity contribution in [2.75, 3.05) is 55.7 Å². The van der Waals surface area contributed by atoms with Crippen molar-refractivity contribution in [1.82, 2.24) is 24.4 Å². The van der Waals surface area contributed by atoms with Gasteiger partial charge in [-0.2, -0.15) is 0 Å². The van der Waals surface area contributed by atoms with Crippen molar-refractivity contribution < 1.29 is 23.4 Å². The van der Waals surface area contributed by atoms with Crippen molar-refractivity contribution in [2.24, 2.45) is 0 Å². The summed E-state index contributed by atoms with van der Waals surface area (Å²) in [5, 5.41) is 0. The lowest BCUT2D eigenvalue weighted by Gasteiger charge is -2.37. The van der Waals surface area contributed by atoms with Gasteiger partial charge >= 0.3 is 6.09 Å². The fraction of sp³-hybridized carbons (Fsp3) is 0.385. The van der Waals surface area contributed by atoms with E-state index in [4.69, 9.17) is 29.2 Å². The summed E-state index contributed by atoms with van der Waals surface area (Å²) in [4.78, 5) is 34.5. The number of ether oxygens (including phenoxy) is 3. The number of anilines is 2. The van der Waals surface area contributed by atoms with E-state index in [-0.39, 0.29) is 11.9 Å². The molecule has 64 heavy (non-hydrogen) atoms. The summed E-state index contributed by atoms with van der Waals surface area (Å²) in [6.07, 6.45) is 5.67. The SMILES string of the molecule is CCN(c1cc(-c2ccc(N3CCN(C(=O)OC(C)(C)C)CC3)nc2)cc(Cn2cc(-c3ccc(F)cc3)nc2-c2c(C)cc(C)nc2OCc2ccccc2)c1C)C1CCOCC1. The van der Waals surface area contributed by atoms with Crippen LogP contribution in [0.1, 0.15) is 68.5 Å². The molecule has 0 saturated carbocycles. The molecule has 2 saturated heterocycles. The van der Waals surface area contributed by atoms with Crippen LogP contribution in [-0.2, 0) is 22.6 Å². The van der Waals surface area contributed by atoms with E-state index < -0.39 is 5.60 Å². The minimum atomic E-state index is -0.535. The Balaban J connectivity index is 1.18. The highest BCUT2D eigenvalue weighted by Crippen LogP contribution is 2.38. The van der Waals surface area contributed by atoms with Gasteiger partial charge < -0.3 is 33.5 Å². The van der Waals surface area contributed by atoms with Crippen LogP contribution < -0.4 is 14.5 Å². The van der Waals surface area contributed by atoms with E-state index in [1.54, 1.807) is 17.0 Å². The monoisotopic (exact) mass is 865 g/mol. The summed E-state index contributed by atoms with van der Waals surface area (Å²) >= 11 is 0. The van der Waals surface area contributed by atoms with Crippen molar-refractivity contribution in [2.45, 2.75) is 86.1 Å². The average Bonchev–Trinajstić information content (AvgIpc) is 3.70. The normalized spacial score (nSPS) is 14.8. The predicted octanol–water partition coefficient (Wildman–Crippen LogP) is 10.4. The number of pyridine rings is 2. The number of amides is 1. The van der Waals surface area contributed by atoms with Crippen LogP contribution in [0.4, 0.5) is 20.7 Å². The molecule has 0 N–H and O–H groups in total. The van der Waals surface area contributed by atoms with E-state index >= 15 is 0 Å². The maximum Gasteiger partial charge on any atom is 0.410 e. The molecule has 0 radical (unpaired) electrons. The van der Waals surface area contributed by atoms with Gasteiger partial charge in [-0.1, -0.05) is 30.3 Å². The molecule has 0 unspecified atom stereocenters. The summed E-state index contributed by atoms with van der Waals surface area (Å²) in [7, 11) is 0. The molecule has 0 spiro atoms. The zero-order valence-corrected chi connectivity index (χ0v) is 38.2. The molecule has 0 aliphatic carbocycles. The molecule has 5 heterocycles. The minimum Gasteiger partial charge on any atom is -0.472 e. The molecule has 2 fully saturated rings. The van der Waals surface area contributed by atoms with Crippen LogP contribution in [-0.4, -0.2) is 88.1 Å². The number of carbonyl (C=O) groups is 1. The summed E-state index contributed by atoms with van der Waals surface area (Å²) in [6.45, 7) is 19.8. The summed E-state index contributed by atoms with van der Waals surface area (Å²) in [6, 6.07) is 27.8. The third-order valence-electron chi connectivity index (χ3n) is 12.1. The maximum atomic E-state index is 14.2. The number of hydrogen-bond acceptors (Lipinski definition) is 9. The summed E-state index contributed by atoms with van der Waals surface area (Å²) < 4.78 is 34.4. The molecule has 11 nitrogen and oxygen atoms in total. The third-order valence-corrected chi connectivity index (χ3v) is 12.1. The predicted molar refractivity (Wildman–Crippen MR) is 251 cm³/mol. The van der Waals surface area contributed by atoms with Crippen molar-refractivity contribution in [1.29, 1.82) is 0 Å². The van der Waals surface area contributed by atoms with Gasteiger partial charge in [0.25, 0.3) is 0 Å². The number of imidazole rings is 1. The first-order chi connectivity index (χ1) is 30.8. The summed E-state index contributed by atoms with van der Waals surface area (Å²) in [5.41, 5.74) is 10.3. The van der Waals surface area contributed by atoms with Crippen molar-refractivity contribution >= 4 is 17.6 Å². The first-order valence-corrected chi connectivity index (χ1v) is 22.5. The van der Waals surface area contributed by atoms with E-state index in [1.165, 1.54) is 23.4 Å². The van der Waals surface area contributed by atoms with E-state index in [1.807, 2.05) is 64.2 Å². The molecule has 3 aromatic carbocycles. The first kappa shape index (κ1) is 44.3. The van der Waals surface area contributed by atoms with Crippen LogP contribution in [0.2, 0.25) is 0 Å². The smallest absolute Gasteiger partial charge is 0.410 e. The third kappa shape index (κ3) is 10.2. The van der Waals surface area contributed by atoms with Gasteiger partial charge in [0.05, 0.1) is 11.3 Å². The number of piperazine rings is 1. The van der Waals surface area contributed by atoms with E-state index in [0.29, 0.717) is 57.1 Å². The molecule has 1 amide bonds. The Kier molecular flexibility index (Phi) is 13.3. The second-order valence-corrected chi connectivity index (χ2v) is 17.9. The van der Waals surface area contributed by atoms with E-state index in [2.05, 4.69) is 71.7 Å². The highest BCUT2D eigenvalue weighted by molar-refractivity contribution is 5.75. The summed E-state index contributed by atoms with van der Waals surface area (Å²) in [5.74, 6) is 1.81. The molecule has 2 aliphatic heterocycles. The largest absolute Gasteiger partial charge is 0.472 e. The van der Waals surface area contributed by atoms with Gasteiger partial charge in [0, 0.05) is 93.4 Å². The van der Waals surface area contributed by atoms with Gasteiger partial charge in [-0.3, -0.25) is 0 Å². The molecular weight excluding hydrogens is 806 g/mol. The Hall–Kier alpha value is -6.27. The van der Waals surface area contributed by atoms with Crippen LogP contribution in [0.5, 0.6) is 5.88 Å². The lowest BCUT2D eigenvalue weighted by Crippen LogP contribution is -2.50. The second kappa shape index (κ2) is 19.2. The Morgan fingerprint density at radius 3 is 2.27 bits per heavy atom. The lowest BCUT2D eigenvalue weighted by atomic mass is 9.96. The highest BCUT2D eigenvalue weighted by atomic mass is 19.1. The molecule has 3 aromatic heterocycles. The Morgan fingerprint density at radius 2 is 1.59 bits per heavy atom. The van der Waals surface area contributed by atoms with Crippen molar-refractivity contribution in [3.8, 4) is 39.7 Å². The molecule has 12 heteroatoms. The molecule has 0 atom stereocenters. The Labute approximate surface area is 376 Å². The van der Waals surface area contributed by atoms with Crippen LogP contribution >= 0.6 is 0 Å². The van der Waals surface area contributed by atoms with Crippen LogP contribution in [0.3, 0.4) is 0 Å². The zero-order valence-electron chi connectivity index (χ0n) is 38.2. The second-order valence-electron chi connectivity index (χ2n) is 17.9. The standard InChI is InChI=1S/C52H60FN7O4/c1-8-60(44-20-26-62-27-21-44)46-30-41(40-16-19-47(54-31-40)57-22-24-58(25-23-57)51(61)64-52(5,6)7)29-42(37(46)4)32-59-33-45(39-14-17-43(53)18-15-39)56-49(59)48-35(2)28-36(3)55-50(48)63-34-38-12-10-9-11-13-38/h9-19,28-31,33,44H,8,20-27,32,34H2,1-7H3. The maximum absolute atomic E-state index is 14.2. The van der Waals surface area contributed by atoms with Gasteiger partial charge in [0.15, 0.2) is 0 Å². The number of aromatic nitrogens is 4. The number of hydrogen-bond donors (Lipinski definition) is 0. The van der Waals surface area contributed by atoms with Gasteiger partial charge in [-0.15, -0.1) is 0 Å². The van der Waals surface area contributed by atoms with Crippen molar-refractivity contribution in [3.63, 3.8) is 0 Å². The molecular formula is C52H60FN7O4. The van der Waals surface area contributed by atoms with Crippen LogP contribution in [0.15, 0.2) is 97.3 Å². The molecule has 8 rings (SSSR count). The lowest BCUT2D eigenvalue weighted by molar-refractivity contribution is 0.0240. The van der Waals surface area contributed by atoms with Gasteiger partial charge in [-0.25, -0.2) is 24.1 Å². The first-order valence-electron chi connectivity index (χ1n) is 22.5. The van der Waals surface area contributed by atoms with E-state index in [0.717, 1.165) is 88.8 Å². The number of aryl methyl sites for hydroxylation is 2. The fourth-order valence-electron chi connectivity index (χ4n) is 8.78. The topological polar surface area (TPSA) is 98.1 Å². The highest BCUT2D eigenvalue weighted by Gasteiger charge is 2.28. The zero-order chi connectivity index (χ0) is 45.0. The van der Waals surface area contributed by atoms with Gasteiger partial charge in [0.1, 0.15) is 29.7 Å². The quantitative estimate of drug-likeness (QED) is 0.119. The number of halogens is 1. The van der Waals surface area contributed by atoms with E-state index in [9.17, 15) is 9.18 Å². The number of rotatable bonds is 12. The average molecular weight is 866 g/mol. The van der Waals surface area contributed by atoms with Crippen molar-refractivity contribution in [3.05, 3.63) is 131 Å². The molecule has 2 aliphatic rings. The fourth-order valence-corrected chi connectivity index (χ4v) is 8.78. The van der Waals surface area contributed by atoms with Crippen LogP contribution in [0, 0.1) is 26.6 Å². The number of nitrogens with zero attached hydrogens (tertiary/aromatic N) is 7. The van der Waals surface area contributed by atoms with Gasteiger partial charge in [0.2, 0.25) is 5.88 Å². The molecule has 6 aromatic rings. The molecule has 334 valence electrons. The minimum absolute atomic E-state index is 0.277.